The molecule has 0 aliphatic rings. The third-order valence-corrected chi connectivity index (χ3v) is 5.29. The summed E-state index contributed by atoms with van der Waals surface area (Å²) in [5.41, 5.74) is 0.892. The fourth-order valence-corrected chi connectivity index (χ4v) is 3.37. The van der Waals surface area contributed by atoms with E-state index in [4.69, 9.17) is 14.6 Å². The highest BCUT2D eigenvalue weighted by Gasteiger charge is 2.34. The molecule has 2 aromatic rings. The molecule has 158 valence electrons. The number of carbonyl (C=O) groups is 1. The van der Waals surface area contributed by atoms with Gasteiger partial charge in [-0.3, -0.25) is 5.32 Å². The van der Waals surface area contributed by atoms with E-state index in [0.29, 0.717) is 17.9 Å². The summed E-state index contributed by atoms with van der Waals surface area (Å²) in [4.78, 5) is 13.7. The molecule has 0 unspecified atom stereocenters. The molecule has 0 radical (unpaired) electrons. The number of rotatable bonds is 10. The molecule has 0 bridgehead atoms. The van der Waals surface area contributed by atoms with E-state index in [0.717, 1.165) is 10.5 Å². The number of carbonyl (C=O) groups excluding carboxylic acids is 1. The van der Waals surface area contributed by atoms with E-state index >= 15 is 0 Å². The number of nitrogens with one attached hydrogen (secondary N) is 1. The van der Waals surface area contributed by atoms with Gasteiger partial charge < -0.3 is 19.7 Å². The van der Waals surface area contributed by atoms with Crippen molar-refractivity contribution in [2.24, 2.45) is 5.41 Å². The molecule has 0 aromatic heterocycles. The quantitative estimate of drug-likeness (QED) is 0.492. The highest BCUT2D eigenvalue weighted by molar-refractivity contribution is 7.98. The molecule has 0 aliphatic heterocycles. The summed E-state index contributed by atoms with van der Waals surface area (Å²) in [5.74, 6) is 0.581. The molecule has 2 rings (SSSR count). The molecule has 0 heterocycles. The molecule has 0 aliphatic carbocycles. The van der Waals surface area contributed by atoms with Crippen LogP contribution in [-0.2, 0) is 4.74 Å². The first-order valence-electron chi connectivity index (χ1n) is 9.46. The molecular weight excluding hydrogens is 390 g/mol. The van der Waals surface area contributed by atoms with Gasteiger partial charge in [-0.15, -0.1) is 11.8 Å². The molecule has 0 saturated heterocycles. The van der Waals surface area contributed by atoms with E-state index in [1.54, 1.807) is 23.9 Å². The van der Waals surface area contributed by atoms with Gasteiger partial charge >= 0.3 is 6.09 Å². The summed E-state index contributed by atoms with van der Waals surface area (Å²) in [7, 11) is 0. The number of ether oxygens (including phenoxy) is 2. The van der Waals surface area contributed by atoms with E-state index in [1.165, 1.54) is 0 Å². The lowest BCUT2D eigenvalue weighted by molar-refractivity contribution is 0.0150. The largest absolute Gasteiger partial charge is 0.491 e. The van der Waals surface area contributed by atoms with Gasteiger partial charge in [-0.1, -0.05) is 26.0 Å². The highest BCUT2D eigenvalue weighted by Crippen LogP contribution is 2.40. The van der Waals surface area contributed by atoms with Crippen LogP contribution in [0.15, 0.2) is 53.4 Å². The molecule has 0 saturated carbocycles. The third kappa shape index (κ3) is 6.96. The first kappa shape index (κ1) is 23.1. The van der Waals surface area contributed by atoms with Crippen molar-refractivity contribution in [1.29, 1.82) is 0 Å². The van der Waals surface area contributed by atoms with Crippen LogP contribution in [0.5, 0.6) is 5.75 Å². The summed E-state index contributed by atoms with van der Waals surface area (Å²) >= 11 is 1.62. The van der Waals surface area contributed by atoms with Crippen molar-refractivity contribution in [1.82, 2.24) is 0 Å². The van der Waals surface area contributed by atoms with Crippen LogP contribution in [0.3, 0.4) is 0 Å². The SMILES string of the molecule is CSc1ccc(NC(=O)O[C@@H](c2cccc(OCCO)c2)C(C)(C)CCO)cc1. The highest BCUT2D eigenvalue weighted by atomic mass is 32.2. The van der Waals surface area contributed by atoms with Crippen LogP contribution in [0.1, 0.15) is 31.9 Å². The summed E-state index contributed by atoms with van der Waals surface area (Å²) in [6.45, 7) is 3.95. The zero-order valence-corrected chi connectivity index (χ0v) is 17.9. The van der Waals surface area contributed by atoms with Gasteiger partial charge in [-0.25, -0.2) is 4.79 Å². The molecule has 29 heavy (non-hydrogen) atoms. The Hall–Kier alpha value is -2.22. The van der Waals surface area contributed by atoms with Crippen molar-refractivity contribution in [3.8, 4) is 5.75 Å². The lowest BCUT2D eigenvalue weighted by atomic mass is 9.80. The Morgan fingerprint density at radius 1 is 1.14 bits per heavy atom. The summed E-state index contributed by atoms with van der Waals surface area (Å²) in [6.07, 6.45) is 1.27. The Labute approximate surface area is 176 Å². The Morgan fingerprint density at radius 3 is 2.48 bits per heavy atom. The van der Waals surface area contributed by atoms with Gasteiger partial charge in [0.15, 0.2) is 0 Å². The minimum Gasteiger partial charge on any atom is -0.491 e. The second kappa shape index (κ2) is 11.1. The lowest BCUT2D eigenvalue weighted by Gasteiger charge is -2.34. The molecule has 1 amide bonds. The summed E-state index contributed by atoms with van der Waals surface area (Å²) < 4.78 is 11.3. The Balaban J connectivity index is 2.20. The van der Waals surface area contributed by atoms with Crippen LogP contribution in [0.25, 0.3) is 0 Å². The van der Waals surface area contributed by atoms with Crippen molar-refractivity contribution in [2.75, 3.05) is 31.4 Å². The van der Waals surface area contributed by atoms with Crippen LogP contribution in [0.4, 0.5) is 10.5 Å². The van der Waals surface area contributed by atoms with E-state index in [2.05, 4.69) is 5.32 Å². The second-order valence-electron chi connectivity index (χ2n) is 7.25. The smallest absolute Gasteiger partial charge is 0.412 e. The molecule has 0 spiro atoms. The standard InChI is InChI=1S/C22H29NO5S/c1-22(2,11-12-24)20(16-5-4-6-18(15-16)27-14-13-25)28-21(26)23-17-7-9-19(29-3)10-8-17/h4-10,15,20,24-25H,11-14H2,1-3H3,(H,23,26)/t20-/m0/s1. The average Bonchev–Trinajstić information content (AvgIpc) is 2.71. The van der Waals surface area contributed by atoms with Gasteiger partial charge in [0.25, 0.3) is 0 Å². The average molecular weight is 420 g/mol. The van der Waals surface area contributed by atoms with E-state index < -0.39 is 17.6 Å². The maximum atomic E-state index is 12.6. The van der Waals surface area contributed by atoms with Gasteiger partial charge in [-0.05, 0) is 54.6 Å². The minimum absolute atomic E-state index is 0.0225. The van der Waals surface area contributed by atoms with Crippen LogP contribution in [-0.4, -0.2) is 42.4 Å². The lowest BCUT2D eigenvalue weighted by Crippen LogP contribution is -2.29. The van der Waals surface area contributed by atoms with Gasteiger partial charge in [0.1, 0.15) is 18.5 Å². The van der Waals surface area contributed by atoms with E-state index in [9.17, 15) is 9.90 Å². The van der Waals surface area contributed by atoms with E-state index in [1.807, 2.05) is 56.5 Å². The van der Waals surface area contributed by atoms with Crippen LogP contribution < -0.4 is 10.1 Å². The number of hydrogen-bond acceptors (Lipinski definition) is 6. The van der Waals surface area contributed by atoms with Crippen LogP contribution in [0, 0.1) is 5.41 Å². The number of aliphatic hydroxyl groups excluding tert-OH is 2. The number of hydrogen-bond donors (Lipinski definition) is 3. The predicted molar refractivity (Wildman–Crippen MR) is 116 cm³/mol. The van der Waals surface area contributed by atoms with Gasteiger partial charge in [0.2, 0.25) is 0 Å². The fraction of sp³-hybridized carbons (Fsp3) is 0.409. The molecule has 1 atom stereocenters. The predicted octanol–water partition coefficient (Wildman–Crippen LogP) is 4.48. The topological polar surface area (TPSA) is 88.0 Å². The van der Waals surface area contributed by atoms with Crippen molar-refractivity contribution < 1.29 is 24.5 Å². The van der Waals surface area contributed by atoms with Gasteiger partial charge in [-0.2, -0.15) is 0 Å². The van der Waals surface area contributed by atoms with Gasteiger partial charge in [0.05, 0.1) is 6.61 Å². The Morgan fingerprint density at radius 2 is 1.86 bits per heavy atom. The maximum Gasteiger partial charge on any atom is 0.412 e. The number of benzene rings is 2. The Kier molecular flexibility index (Phi) is 8.82. The molecule has 0 fully saturated rings. The molecule has 6 nitrogen and oxygen atoms in total. The van der Waals surface area contributed by atoms with Crippen molar-refractivity contribution >= 4 is 23.5 Å². The number of thioether (sulfide) groups is 1. The Bertz CT molecular complexity index is 779. The van der Waals surface area contributed by atoms with E-state index in [-0.39, 0.29) is 19.8 Å². The zero-order chi connectivity index (χ0) is 21.3. The maximum absolute atomic E-state index is 12.6. The second-order valence-corrected chi connectivity index (χ2v) is 8.13. The minimum atomic E-state index is -0.599. The monoisotopic (exact) mass is 419 g/mol. The number of amides is 1. The molecule has 7 heteroatoms. The summed E-state index contributed by atoms with van der Waals surface area (Å²) in [5, 5.41) is 21.2. The number of aliphatic hydroxyl groups is 2. The van der Waals surface area contributed by atoms with Crippen molar-refractivity contribution in [2.45, 2.75) is 31.3 Å². The molecule has 2 aromatic carbocycles. The number of anilines is 1. The third-order valence-electron chi connectivity index (χ3n) is 4.55. The van der Waals surface area contributed by atoms with Crippen molar-refractivity contribution in [3.05, 3.63) is 54.1 Å². The molecular formula is C22H29NO5S. The van der Waals surface area contributed by atoms with Crippen LogP contribution in [0.2, 0.25) is 0 Å². The first-order chi connectivity index (χ1) is 13.9. The fourth-order valence-electron chi connectivity index (χ4n) is 2.96. The van der Waals surface area contributed by atoms with Crippen LogP contribution >= 0.6 is 11.8 Å². The van der Waals surface area contributed by atoms with Crippen molar-refractivity contribution in [3.63, 3.8) is 0 Å². The first-order valence-corrected chi connectivity index (χ1v) is 10.7. The zero-order valence-electron chi connectivity index (χ0n) is 17.1. The normalized spacial score (nSPS) is 12.3. The van der Waals surface area contributed by atoms with Gasteiger partial charge in [0, 0.05) is 22.6 Å². The summed E-state index contributed by atoms with van der Waals surface area (Å²) in [6, 6.07) is 14.7. The molecule has 3 N–H and O–H groups in total.